The van der Waals surface area contributed by atoms with Crippen LogP contribution in [0, 0.1) is 5.41 Å². The summed E-state index contributed by atoms with van der Waals surface area (Å²) in [7, 11) is 0. The summed E-state index contributed by atoms with van der Waals surface area (Å²) in [6.07, 6.45) is 0.229. The van der Waals surface area contributed by atoms with Crippen LogP contribution in [0.1, 0.15) is 30.8 Å². The van der Waals surface area contributed by atoms with Crippen molar-refractivity contribution in [3.8, 4) is 0 Å². The fourth-order valence-electron chi connectivity index (χ4n) is 1.84. The average Bonchev–Trinajstić information content (AvgIpc) is 2.64. The van der Waals surface area contributed by atoms with Gasteiger partial charge in [0.25, 0.3) is 5.91 Å². The number of nitrogens with one attached hydrogen (secondary N) is 2. The SMILES string of the molecule is CC1(C)C(O)CC1NC(=O)c1cc(N)n[nH]1. The van der Waals surface area contributed by atoms with E-state index in [0.717, 1.165) is 0 Å². The number of H-pyrrole nitrogens is 1. The summed E-state index contributed by atoms with van der Waals surface area (Å²) in [5, 5.41) is 18.6. The molecule has 5 N–H and O–H groups in total. The number of aromatic nitrogens is 2. The van der Waals surface area contributed by atoms with Gasteiger partial charge in [0, 0.05) is 17.5 Å². The highest BCUT2D eigenvalue weighted by Gasteiger charge is 2.48. The molecule has 1 heterocycles. The molecule has 2 atom stereocenters. The fourth-order valence-corrected chi connectivity index (χ4v) is 1.84. The van der Waals surface area contributed by atoms with Gasteiger partial charge in [-0.05, 0) is 6.42 Å². The van der Waals surface area contributed by atoms with Gasteiger partial charge in [0.05, 0.1) is 6.10 Å². The van der Waals surface area contributed by atoms with E-state index in [1.807, 2.05) is 13.8 Å². The van der Waals surface area contributed by atoms with Crippen molar-refractivity contribution >= 4 is 11.7 Å². The molecule has 2 rings (SSSR count). The van der Waals surface area contributed by atoms with Gasteiger partial charge in [-0.3, -0.25) is 9.89 Å². The molecule has 88 valence electrons. The largest absolute Gasteiger partial charge is 0.392 e. The third-order valence-corrected chi connectivity index (χ3v) is 3.36. The number of aliphatic hydroxyl groups excluding tert-OH is 1. The maximum absolute atomic E-state index is 11.7. The van der Waals surface area contributed by atoms with Crippen molar-refractivity contribution in [3.63, 3.8) is 0 Å². The third-order valence-electron chi connectivity index (χ3n) is 3.36. The van der Waals surface area contributed by atoms with E-state index < -0.39 is 0 Å². The molecule has 0 saturated heterocycles. The summed E-state index contributed by atoms with van der Waals surface area (Å²) < 4.78 is 0. The van der Waals surface area contributed by atoms with Crippen LogP contribution in [0.2, 0.25) is 0 Å². The monoisotopic (exact) mass is 224 g/mol. The molecule has 6 nitrogen and oxygen atoms in total. The Kier molecular flexibility index (Phi) is 2.38. The zero-order valence-electron chi connectivity index (χ0n) is 9.32. The predicted octanol–water partition coefficient (Wildman–Crippen LogP) is -0.119. The molecule has 1 aromatic rings. The molecule has 0 aromatic carbocycles. The summed E-state index contributed by atoms with van der Waals surface area (Å²) in [5.41, 5.74) is 5.47. The van der Waals surface area contributed by atoms with Gasteiger partial charge in [-0.2, -0.15) is 5.10 Å². The molecule has 1 saturated carbocycles. The van der Waals surface area contributed by atoms with Crippen LogP contribution < -0.4 is 11.1 Å². The van der Waals surface area contributed by atoms with Crippen LogP contribution in [0.4, 0.5) is 5.82 Å². The number of carbonyl (C=O) groups is 1. The van der Waals surface area contributed by atoms with E-state index in [2.05, 4.69) is 15.5 Å². The van der Waals surface area contributed by atoms with Crippen LogP contribution in [0.5, 0.6) is 0 Å². The van der Waals surface area contributed by atoms with Gasteiger partial charge in [-0.25, -0.2) is 0 Å². The molecule has 1 aromatic heterocycles. The standard InChI is InChI=1S/C10H16N4O2/c1-10(2)6(4-7(10)15)12-9(16)5-3-8(11)14-13-5/h3,6-7,15H,4H2,1-2H3,(H,12,16)(H3,11,13,14). The smallest absolute Gasteiger partial charge is 0.269 e. The summed E-state index contributed by atoms with van der Waals surface area (Å²) in [4.78, 5) is 11.7. The van der Waals surface area contributed by atoms with Crippen molar-refractivity contribution in [2.24, 2.45) is 5.41 Å². The van der Waals surface area contributed by atoms with E-state index >= 15 is 0 Å². The normalized spacial score (nSPS) is 27.2. The van der Waals surface area contributed by atoms with E-state index in [1.165, 1.54) is 6.07 Å². The minimum Gasteiger partial charge on any atom is -0.392 e. The number of aliphatic hydroxyl groups is 1. The molecule has 0 spiro atoms. The maximum atomic E-state index is 11.7. The minimum atomic E-state index is -0.357. The number of anilines is 1. The van der Waals surface area contributed by atoms with Crippen LogP contribution in [-0.4, -0.2) is 33.4 Å². The zero-order chi connectivity index (χ0) is 11.9. The second-order valence-electron chi connectivity index (χ2n) is 4.81. The first-order chi connectivity index (χ1) is 7.41. The molecule has 1 aliphatic carbocycles. The second kappa shape index (κ2) is 3.48. The Morgan fingerprint density at radius 2 is 2.44 bits per heavy atom. The van der Waals surface area contributed by atoms with Crippen molar-refractivity contribution in [3.05, 3.63) is 11.8 Å². The van der Waals surface area contributed by atoms with Gasteiger partial charge < -0.3 is 16.2 Å². The zero-order valence-corrected chi connectivity index (χ0v) is 9.32. The van der Waals surface area contributed by atoms with E-state index in [4.69, 9.17) is 5.73 Å². The van der Waals surface area contributed by atoms with E-state index in [9.17, 15) is 9.90 Å². The molecular formula is C10H16N4O2. The molecule has 2 unspecified atom stereocenters. The fraction of sp³-hybridized carbons (Fsp3) is 0.600. The molecule has 6 heteroatoms. The van der Waals surface area contributed by atoms with E-state index in [-0.39, 0.29) is 29.3 Å². The minimum absolute atomic E-state index is 0.0143. The number of aromatic amines is 1. The van der Waals surface area contributed by atoms with Gasteiger partial charge in [0.2, 0.25) is 0 Å². The average molecular weight is 224 g/mol. The molecular weight excluding hydrogens is 208 g/mol. The van der Waals surface area contributed by atoms with Gasteiger partial charge in [-0.1, -0.05) is 13.8 Å². The Hall–Kier alpha value is -1.56. The number of rotatable bonds is 2. The van der Waals surface area contributed by atoms with Gasteiger partial charge >= 0.3 is 0 Å². The van der Waals surface area contributed by atoms with Crippen LogP contribution in [0.3, 0.4) is 0 Å². The summed E-state index contributed by atoms with van der Waals surface area (Å²) in [6.45, 7) is 3.85. The second-order valence-corrected chi connectivity index (χ2v) is 4.81. The summed E-state index contributed by atoms with van der Waals surface area (Å²) in [6, 6.07) is 1.47. The first kappa shape index (κ1) is 10.9. The lowest BCUT2D eigenvalue weighted by Gasteiger charge is -2.49. The van der Waals surface area contributed by atoms with Crippen LogP contribution >= 0.6 is 0 Å². The van der Waals surface area contributed by atoms with Gasteiger partial charge in [0.1, 0.15) is 11.5 Å². The predicted molar refractivity (Wildman–Crippen MR) is 58.7 cm³/mol. The quantitative estimate of drug-likeness (QED) is 0.562. The van der Waals surface area contributed by atoms with Crippen LogP contribution in [0.15, 0.2) is 6.07 Å². The Bertz CT molecular complexity index is 413. The van der Waals surface area contributed by atoms with Crippen molar-refractivity contribution in [2.75, 3.05) is 5.73 Å². The van der Waals surface area contributed by atoms with Crippen molar-refractivity contribution in [1.29, 1.82) is 0 Å². The molecule has 1 amide bonds. The first-order valence-electron chi connectivity index (χ1n) is 5.21. The molecule has 1 fully saturated rings. The van der Waals surface area contributed by atoms with Crippen LogP contribution in [-0.2, 0) is 0 Å². The maximum Gasteiger partial charge on any atom is 0.269 e. The number of hydrogen-bond acceptors (Lipinski definition) is 4. The number of amides is 1. The van der Waals surface area contributed by atoms with E-state index in [0.29, 0.717) is 12.1 Å². The highest BCUT2D eigenvalue weighted by molar-refractivity contribution is 5.93. The number of carbonyl (C=O) groups excluding carboxylic acids is 1. The number of nitrogens with zero attached hydrogens (tertiary/aromatic N) is 1. The molecule has 0 bridgehead atoms. The molecule has 16 heavy (non-hydrogen) atoms. The molecule has 0 radical (unpaired) electrons. The number of nitrogens with two attached hydrogens (primary N) is 1. The Morgan fingerprint density at radius 1 is 1.75 bits per heavy atom. The van der Waals surface area contributed by atoms with Crippen molar-refractivity contribution in [2.45, 2.75) is 32.4 Å². The highest BCUT2D eigenvalue weighted by Crippen LogP contribution is 2.40. The lowest BCUT2D eigenvalue weighted by Crippen LogP contribution is -2.61. The van der Waals surface area contributed by atoms with Gasteiger partial charge in [-0.15, -0.1) is 0 Å². The first-order valence-corrected chi connectivity index (χ1v) is 5.21. The topological polar surface area (TPSA) is 104 Å². The Balaban J connectivity index is 1.99. The Labute approximate surface area is 93.2 Å². The Morgan fingerprint density at radius 3 is 2.88 bits per heavy atom. The van der Waals surface area contributed by atoms with Crippen LogP contribution in [0.25, 0.3) is 0 Å². The van der Waals surface area contributed by atoms with Crippen molar-refractivity contribution < 1.29 is 9.90 Å². The highest BCUT2D eigenvalue weighted by atomic mass is 16.3. The summed E-state index contributed by atoms with van der Waals surface area (Å²) in [5.74, 6) is 0.0484. The lowest BCUT2D eigenvalue weighted by molar-refractivity contribution is -0.0690. The number of nitrogen functional groups attached to an aromatic ring is 1. The van der Waals surface area contributed by atoms with Gasteiger partial charge in [0.15, 0.2) is 0 Å². The lowest BCUT2D eigenvalue weighted by atomic mass is 9.64. The third kappa shape index (κ3) is 1.65. The van der Waals surface area contributed by atoms with Crippen molar-refractivity contribution in [1.82, 2.24) is 15.5 Å². The molecule has 1 aliphatic rings. The molecule has 0 aliphatic heterocycles. The summed E-state index contributed by atoms with van der Waals surface area (Å²) >= 11 is 0. The number of hydrogen-bond donors (Lipinski definition) is 4. The van der Waals surface area contributed by atoms with E-state index in [1.54, 1.807) is 0 Å².